The normalized spacial score (nSPS) is 14.3. The number of para-hydroxylation sites is 1. The van der Waals surface area contributed by atoms with Crippen LogP contribution in [0.15, 0.2) is 42.5 Å². The quantitative estimate of drug-likeness (QED) is 0.417. The molecule has 1 aliphatic rings. The molecule has 190 valence electrons. The van der Waals surface area contributed by atoms with Gasteiger partial charge in [-0.25, -0.2) is 4.39 Å². The number of carbonyl (C=O) groups excluding carboxylic acids is 3. The number of ketones is 1. The van der Waals surface area contributed by atoms with Crippen molar-refractivity contribution in [1.82, 2.24) is 20.0 Å². The van der Waals surface area contributed by atoms with E-state index in [1.165, 1.54) is 28.6 Å². The highest BCUT2D eigenvalue weighted by Gasteiger charge is 2.40. The second kappa shape index (κ2) is 10.8. The number of fused-ring (bicyclic) bond motifs is 1. The fourth-order valence-corrected chi connectivity index (χ4v) is 4.47. The Morgan fingerprint density at radius 3 is 2.61 bits per heavy atom. The van der Waals surface area contributed by atoms with E-state index in [1.807, 2.05) is 19.1 Å². The topological polar surface area (TPSA) is 93.5 Å². The Kier molecular flexibility index (Phi) is 7.70. The van der Waals surface area contributed by atoms with Gasteiger partial charge in [0.1, 0.15) is 18.1 Å². The Bertz CT molecular complexity index is 1300. The van der Waals surface area contributed by atoms with Crippen LogP contribution in [0.2, 0.25) is 5.02 Å². The third-order valence-corrected chi connectivity index (χ3v) is 6.86. The van der Waals surface area contributed by atoms with Crippen LogP contribution in [0, 0.1) is 11.2 Å². The maximum Gasteiger partial charge on any atom is 0.244 e. The van der Waals surface area contributed by atoms with Gasteiger partial charge in [0.05, 0.1) is 30.3 Å². The molecule has 10 heteroatoms. The van der Waals surface area contributed by atoms with Crippen molar-refractivity contribution in [3.63, 3.8) is 0 Å². The first-order valence-corrected chi connectivity index (χ1v) is 12.1. The van der Waals surface area contributed by atoms with Crippen molar-refractivity contribution in [2.45, 2.75) is 33.4 Å². The van der Waals surface area contributed by atoms with Crippen LogP contribution in [-0.2, 0) is 27.4 Å². The second-order valence-electron chi connectivity index (χ2n) is 9.17. The molecule has 2 aromatic carbocycles. The van der Waals surface area contributed by atoms with Crippen molar-refractivity contribution in [1.29, 1.82) is 0 Å². The Morgan fingerprint density at radius 2 is 1.94 bits per heavy atom. The van der Waals surface area contributed by atoms with Crippen LogP contribution in [0.25, 0.3) is 10.9 Å². The number of benzene rings is 2. The summed E-state index contributed by atoms with van der Waals surface area (Å²) in [6.07, 6.45) is 0.783. The molecule has 2 heterocycles. The molecule has 0 spiro atoms. The van der Waals surface area contributed by atoms with E-state index < -0.39 is 11.7 Å². The third-order valence-electron chi connectivity index (χ3n) is 6.56. The molecule has 4 rings (SSSR count). The van der Waals surface area contributed by atoms with Crippen molar-refractivity contribution in [3.05, 3.63) is 64.6 Å². The number of nitrogens with one attached hydrogen (secondary N) is 1. The van der Waals surface area contributed by atoms with Crippen LogP contribution in [0.3, 0.4) is 0 Å². The number of hydrogen-bond acceptors (Lipinski definition) is 5. The van der Waals surface area contributed by atoms with Gasteiger partial charge in [0.2, 0.25) is 11.8 Å². The number of ether oxygens (including phenoxy) is 1. The van der Waals surface area contributed by atoms with Crippen molar-refractivity contribution in [2.24, 2.45) is 5.41 Å². The van der Waals surface area contributed by atoms with Crippen LogP contribution < -0.4 is 5.32 Å². The first-order chi connectivity index (χ1) is 17.2. The third kappa shape index (κ3) is 5.42. The zero-order valence-electron chi connectivity index (χ0n) is 20.2. The molecule has 1 saturated heterocycles. The molecule has 0 unspecified atom stereocenters. The molecule has 3 aromatic rings. The monoisotopic (exact) mass is 514 g/mol. The highest BCUT2D eigenvalue weighted by atomic mass is 35.5. The molecule has 0 atom stereocenters. The first kappa shape index (κ1) is 25.8. The predicted octanol–water partition coefficient (Wildman–Crippen LogP) is 3.60. The Balaban J connectivity index is 1.52. The summed E-state index contributed by atoms with van der Waals surface area (Å²) >= 11 is 5.82. The van der Waals surface area contributed by atoms with E-state index in [1.54, 1.807) is 18.2 Å². The van der Waals surface area contributed by atoms with Gasteiger partial charge in [0, 0.05) is 36.4 Å². The Labute approximate surface area is 213 Å². The molecule has 36 heavy (non-hydrogen) atoms. The van der Waals surface area contributed by atoms with E-state index in [2.05, 4.69) is 10.4 Å². The van der Waals surface area contributed by atoms with Gasteiger partial charge in [-0.3, -0.25) is 19.1 Å². The molecule has 0 saturated carbocycles. The van der Waals surface area contributed by atoms with Gasteiger partial charge in [0.25, 0.3) is 0 Å². The van der Waals surface area contributed by atoms with E-state index in [0.717, 1.165) is 6.42 Å². The van der Waals surface area contributed by atoms with E-state index in [4.69, 9.17) is 16.3 Å². The fourth-order valence-electron chi connectivity index (χ4n) is 4.28. The summed E-state index contributed by atoms with van der Waals surface area (Å²) in [5.74, 6) is -1.53. The van der Waals surface area contributed by atoms with Crippen LogP contribution in [0.4, 0.5) is 4.39 Å². The lowest BCUT2D eigenvalue weighted by molar-refractivity contribution is -0.152. The number of hydrogen-bond donors (Lipinski definition) is 1. The SMILES string of the molecule is CCC1(CN(CC(=O)NCc2cccc(Cl)c2F)C(=O)Cn2nc(C(C)=O)c3ccccc32)COC1. The van der Waals surface area contributed by atoms with Gasteiger partial charge < -0.3 is 15.0 Å². The van der Waals surface area contributed by atoms with E-state index in [9.17, 15) is 18.8 Å². The molecule has 1 aliphatic heterocycles. The van der Waals surface area contributed by atoms with Crippen LogP contribution in [0.1, 0.15) is 36.3 Å². The van der Waals surface area contributed by atoms with Crippen LogP contribution >= 0.6 is 11.6 Å². The van der Waals surface area contributed by atoms with Gasteiger partial charge in [-0.2, -0.15) is 5.10 Å². The lowest BCUT2D eigenvalue weighted by Crippen LogP contribution is -2.54. The molecule has 0 radical (unpaired) electrons. The zero-order valence-corrected chi connectivity index (χ0v) is 21.0. The summed E-state index contributed by atoms with van der Waals surface area (Å²) in [6, 6.07) is 11.8. The largest absolute Gasteiger partial charge is 0.380 e. The summed E-state index contributed by atoms with van der Waals surface area (Å²) < 4.78 is 21.1. The number of amides is 2. The number of rotatable bonds is 10. The van der Waals surface area contributed by atoms with Crippen LogP contribution in [0.5, 0.6) is 0 Å². The maximum atomic E-state index is 14.2. The van der Waals surface area contributed by atoms with Gasteiger partial charge in [-0.05, 0) is 18.6 Å². The highest BCUT2D eigenvalue weighted by Crippen LogP contribution is 2.32. The molecule has 8 nitrogen and oxygen atoms in total. The van der Waals surface area contributed by atoms with E-state index in [-0.39, 0.29) is 47.3 Å². The summed E-state index contributed by atoms with van der Waals surface area (Å²) in [5.41, 5.74) is 0.981. The maximum absolute atomic E-state index is 14.2. The molecular formula is C26H28ClFN4O4. The standard InChI is InChI=1S/C26H28ClFN4O4/c1-3-26(15-36-16-26)14-31(12-22(34)29-11-18-7-6-9-20(27)24(18)28)23(35)13-32-21-10-5-4-8-19(21)25(30-32)17(2)33/h4-10H,3,11-16H2,1-2H3,(H,29,34). The van der Waals surface area contributed by atoms with Gasteiger partial charge in [-0.1, -0.05) is 48.9 Å². The fraction of sp³-hybridized carbons (Fsp3) is 0.385. The Hall–Kier alpha value is -3.30. The van der Waals surface area contributed by atoms with E-state index in [0.29, 0.717) is 36.4 Å². The minimum Gasteiger partial charge on any atom is -0.380 e. The average Bonchev–Trinajstić information content (AvgIpc) is 3.20. The van der Waals surface area contributed by atoms with Crippen LogP contribution in [-0.4, -0.2) is 58.6 Å². The van der Waals surface area contributed by atoms with Gasteiger partial charge in [0.15, 0.2) is 5.78 Å². The minimum absolute atomic E-state index is 0.0233. The predicted molar refractivity (Wildman–Crippen MR) is 133 cm³/mol. The summed E-state index contributed by atoms with van der Waals surface area (Å²) in [4.78, 5) is 39.8. The second-order valence-corrected chi connectivity index (χ2v) is 9.57. The molecule has 0 aliphatic carbocycles. The first-order valence-electron chi connectivity index (χ1n) is 11.7. The zero-order chi connectivity index (χ0) is 25.9. The molecule has 1 N–H and O–H groups in total. The average molecular weight is 515 g/mol. The highest BCUT2D eigenvalue weighted by molar-refractivity contribution is 6.30. The smallest absolute Gasteiger partial charge is 0.244 e. The Morgan fingerprint density at radius 1 is 1.19 bits per heavy atom. The van der Waals surface area contributed by atoms with Gasteiger partial charge in [-0.15, -0.1) is 0 Å². The molecule has 1 aromatic heterocycles. The molecule has 0 bridgehead atoms. The number of nitrogens with zero attached hydrogens (tertiary/aromatic N) is 3. The minimum atomic E-state index is -0.587. The molecule has 2 amide bonds. The summed E-state index contributed by atoms with van der Waals surface area (Å²) in [6.45, 7) is 4.39. The molecule has 1 fully saturated rings. The van der Waals surface area contributed by atoms with E-state index >= 15 is 0 Å². The number of halogens is 2. The van der Waals surface area contributed by atoms with Crippen molar-refractivity contribution < 1.29 is 23.5 Å². The molecular weight excluding hydrogens is 487 g/mol. The lowest BCUT2D eigenvalue weighted by atomic mass is 9.82. The lowest BCUT2D eigenvalue weighted by Gasteiger charge is -2.44. The van der Waals surface area contributed by atoms with Crippen molar-refractivity contribution in [2.75, 3.05) is 26.3 Å². The van der Waals surface area contributed by atoms with Gasteiger partial charge >= 0.3 is 0 Å². The van der Waals surface area contributed by atoms with Crippen molar-refractivity contribution in [3.8, 4) is 0 Å². The number of carbonyl (C=O) groups is 3. The number of Topliss-reactive ketones (excluding diaryl/α,β-unsaturated/α-hetero) is 1. The van der Waals surface area contributed by atoms with Crippen molar-refractivity contribution >= 4 is 40.1 Å². The summed E-state index contributed by atoms with van der Waals surface area (Å²) in [7, 11) is 0. The number of aromatic nitrogens is 2. The summed E-state index contributed by atoms with van der Waals surface area (Å²) in [5, 5.41) is 7.70.